The van der Waals surface area contributed by atoms with E-state index in [4.69, 9.17) is 14.6 Å². The van der Waals surface area contributed by atoms with Gasteiger partial charge in [-0.05, 0) is 30.8 Å². The Bertz CT molecular complexity index is 774. The monoisotopic (exact) mass is 344 g/mol. The van der Waals surface area contributed by atoms with Gasteiger partial charge in [-0.15, -0.1) is 0 Å². The number of aromatic nitrogens is 3. The molecule has 25 heavy (non-hydrogen) atoms. The first-order chi connectivity index (χ1) is 12.3. The number of aryl methyl sites for hydroxylation is 1. The maximum atomic E-state index is 8.00. The van der Waals surface area contributed by atoms with Gasteiger partial charge in [-0.2, -0.15) is 0 Å². The van der Waals surface area contributed by atoms with Crippen LogP contribution < -0.4 is 10.1 Å². The third-order valence-corrected chi connectivity index (χ3v) is 3.33. The number of nitrogens with zero attached hydrogens (tertiary/aromatic N) is 3. The van der Waals surface area contributed by atoms with Crippen LogP contribution in [-0.4, -0.2) is 40.1 Å². The summed E-state index contributed by atoms with van der Waals surface area (Å²) in [4.78, 5) is 16.4. The lowest BCUT2D eigenvalue weighted by molar-refractivity contribution is -0.0979. The Hall–Kier alpha value is -2.77. The Morgan fingerprint density at radius 2 is 1.96 bits per heavy atom. The number of hydrogen-bond acceptors (Lipinski definition) is 6. The molecule has 2 N–H and O–H groups in total. The van der Waals surface area contributed by atoms with E-state index >= 15 is 0 Å². The molecular formula is C18H24N4O3. The largest absolute Gasteiger partial charge is 0.439 e. The highest BCUT2D eigenvalue weighted by atomic mass is 16.5. The summed E-state index contributed by atoms with van der Waals surface area (Å²) in [6.45, 7) is 5.69. The molecule has 2 heterocycles. The minimum atomic E-state index is 0.563. The number of hydrogen-bond donors (Lipinski definition) is 2. The maximum absolute atomic E-state index is 8.00. The van der Waals surface area contributed by atoms with Crippen LogP contribution in [0.5, 0.6) is 11.6 Å². The minimum Gasteiger partial charge on any atom is -0.439 e. The summed E-state index contributed by atoms with van der Waals surface area (Å²) in [5.74, 6) is 1.34. The molecule has 0 saturated heterocycles. The lowest BCUT2D eigenvalue weighted by Gasteiger charge is -2.07. The van der Waals surface area contributed by atoms with Gasteiger partial charge >= 0.3 is 0 Å². The Kier molecular flexibility index (Phi) is 8.84. The molecule has 3 rings (SSSR count). The van der Waals surface area contributed by atoms with Crippen molar-refractivity contribution in [3.63, 3.8) is 0 Å². The van der Waals surface area contributed by atoms with Gasteiger partial charge in [-0.3, -0.25) is 0 Å². The van der Waals surface area contributed by atoms with E-state index in [1.165, 1.54) is 11.8 Å². The molecule has 0 spiro atoms. The average molecular weight is 344 g/mol. The Balaban J connectivity index is 0.000000730. The highest BCUT2D eigenvalue weighted by Crippen LogP contribution is 2.25. The van der Waals surface area contributed by atoms with E-state index in [1.54, 1.807) is 0 Å². The lowest BCUT2D eigenvalue weighted by Crippen LogP contribution is -2.13. The Morgan fingerprint density at radius 3 is 2.68 bits per heavy atom. The Labute approximate surface area is 147 Å². The number of rotatable bonds is 5. The molecule has 0 aliphatic carbocycles. The predicted octanol–water partition coefficient (Wildman–Crippen LogP) is 2.29. The molecule has 0 amide bonds. The number of ether oxygens (including phenoxy) is 1. The molecular weight excluding hydrogens is 320 g/mol. The van der Waals surface area contributed by atoms with Crippen molar-refractivity contribution in [2.24, 2.45) is 7.05 Å². The van der Waals surface area contributed by atoms with Crippen molar-refractivity contribution in [3.05, 3.63) is 48.5 Å². The van der Waals surface area contributed by atoms with Gasteiger partial charge in [0, 0.05) is 43.9 Å². The number of carbonyl (C=O) groups excluding carboxylic acids is 1. The smallest absolute Gasteiger partial charge is 0.222 e. The Morgan fingerprint density at radius 1 is 1.20 bits per heavy atom. The third kappa shape index (κ3) is 5.66. The molecule has 0 aliphatic rings. The summed E-state index contributed by atoms with van der Waals surface area (Å²) in [7, 11) is 3.03. The molecule has 1 aromatic carbocycles. The van der Waals surface area contributed by atoms with Crippen LogP contribution in [0.15, 0.2) is 42.9 Å². The standard InChI is InChI=1S/C16H18N4O.CH4O.CH2O/c1-3-17-10-13-9-16(19-11-18-13)21-14-4-5-15-12(8-14)6-7-20(15)2;2*1-2/h4-9,11,17H,3,10H2,1-2H3;2H,1H3;1H2. The van der Waals surface area contributed by atoms with Crippen LogP contribution in [0.4, 0.5) is 0 Å². The zero-order valence-corrected chi connectivity index (χ0v) is 14.8. The lowest BCUT2D eigenvalue weighted by atomic mass is 10.2. The number of carbonyl (C=O) groups is 1. The average Bonchev–Trinajstić information content (AvgIpc) is 3.04. The van der Waals surface area contributed by atoms with Crippen LogP contribution in [0, 0.1) is 0 Å². The third-order valence-electron chi connectivity index (χ3n) is 3.33. The van der Waals surface area contributed by atoms with E-state index in [9.17, 15) is 0 Å². The fourth-order valence-corrected chi connectivity index (χ4v) is 2.23. The van der Waals surface area contributed by atoms with Crippen molar-refractivity contribution in [3.8, 4) is 11.6 Å². The van der Waals surface area contributed by atoms with Crippen molar-refractivity contribution in [1.29, 1.82) is 0 Å². The van der Waals surface area contributed by atoms with Crippen LogP contribution in [0.2, 0.25) is 0 Å². The molecule has 7 heteroatoms. The van der Waals surface area contributed by atoms with E-state index in [0.717, 1.165) is 30.5 Å². The zero-order valence-electron chi connectivity index (χ0n) is 14.8. The molecule has 3 aromatic rings. The summed E-state index contributed by atoms with van der Waals surface area (Å²) in [5.41, 5.74) is 2.10. The van der Waals surface area contributed by atoms with Gasteiger partial charge in [-0.25, -0.2) is 9.97 Å². The number of benzene rings is 1. The van der Waals surface area contributed by atoms with Gasteiger partial charge in [0.2, 0.25) is 5.88 Å². The van der Waals surface area contributed by atoms with Crippen molar-refractivity contribution in [1.82, 2.24) is 19.9 Å². The molecule has 0 bridgehead atoms. The van der Waals surface area contributed by atoms with Gasteiger partial charge in [0.25, 0.3) is 0 Å². The first-order valence-electron chi connectivity index (χ1n) is 7.74. The van der Waals surface area contributed by atoms with E-state index in [2.05, 4.69) is 32.8 Å². The second-order valence-corrected chi connectivity index (χ2v) is 4.88. The molecule has 7 nitrogen and oxygen atoms in total. The quantitative estimate of drug-likeness (QED) is 0.738. The van der Waals surface area contributed by atoms with Crippen LogP contribution >= 0.6 is 0 Å². The van der Waals surface area contributed by atoms with Gasteiger partial charge in [0.1, 0.15) is 18.9 Å². The second kappa shape index (κ2) is 10.9. The van der Waals surface area contributed by atoms with Crippen LogP contribution in [0.3, 0.4) is 0 Å². The van der Waals surface area contributed by atoms with E-state index in [1.807, 2.05) is 44.3 Å². The first-order valence-corrected chi connectivity index (χ1v) is 7.74. The fourth-order valence-electron chi connectivity index (χ4n) is 2.23. The van der Waals surface area contributed by atoms with E-state index in [0.29, 0.717) is 12.4 Å². The van der Waals surface area contributed by atoms with Crippen LogP contribution in [-0.2, 0) is 18.4 Å². The highest BCUT2D eigenvalue weighted by molar-refractivity contribution is 5.81. The van der Waals surface area contributed by atoms with Gasteiger partial charge in [0.05, 0.1) is 5.69 Å². The number of aliphatic hydroxyl groups excluding tert-OH is 1. The summed E-state index contributed by atoms with van der Waals surface area (Å²) < 4.78 is 7.91. The van der Waals surface area contributed by atoms with Crippen molar-refractivity contribution < 1.29 is 14.6 Å². The van der Waals surface area contributed by atoms with Gasteiger partial charge in [-0.1, -0.05) is 6.92 Å². The summed E-state index contributed by atoms with van der Waals surface area (Å²) in [5, 5.41) is 11.4. The second-order valence-electron chi connectivity index (χ2n) is 4.88. The molecule has 0 fully saturated rings. The summed E-state index contributed by atoms with van der Waals surface area (Å²) >= 11 is 0. The van der Waals surface area contributed by atoms with E-state index < -0.39 is 0 Å². The first kappa shape index (κ1) is 20.3. The number of nitrogens with one attached hydrogen (secondary N) is 1. The fraction of sp³-hybridized carbons (Fsp3) is 0.278. The summed E-state index contributed by atoms with van der Waals surface area (Å²) in [6.07, 6.45) is 3.57. The van der Waals surface area contributed by atoms with Crippen molar-refractivity contribution in [2.75, 3.05) is 13.7 Å². The minimum absolute atomic E-state index is 0.563. The predicted molar refractivity (Wildman–Crippen MR) is 97.7 cm³/mol. The van der Waals surface area contributed by atoms with Gasteiger partial charge in [0.15, 0.2) is 0 Å². The van der Waals surface area contributed by atoms with E-state index in [-0.39, 0.29) is 0 Å². The topological polar surface area (TPSA) is 89.3 Å². The molecule has 0 unspecified atom stereocenters. The normalized spacial score (nSPS) is 9.60. The highest BCUT2D eigenvalue weighted by Gasteiger charge is 2.04. The number of aliphatic hydroxyl groups is 1. The zero-order chi connectivity index (χ0) is 18.7. The van der Waals surface area contributed by atoms with Crippen molar-refractivity contribution in [2.45, 2.75) is 13.5 Å². The van der Waals surface area contributed by atoms with Crippen LogP contribution in [0.25, 0.3) is 10.9 Å². The van der Waals surface area contributed by atoms with Crippen LogP contribution in [0.1, 0.15) is 12.6 Å². The van der Waals surface area contributed by atoms with Crippen molar-refractivity contribution >= 4 is 17.7 Å². The molecule has 134 valence electrons. The molecule has 2 aromatic heterocycles. The van der Waals surface area contributed by atoms with Gasteiger partial charge < -0.3 is 24.5 Å². The maximum Gasteiger partial charge on any atom is 0.222 e. The summed E-state index contributed by atoms with van der Waals surface area (Å²) in [6, 6.07) is 9.94. The molecule has 0 atom stereocenters. The molecule has 0 radical (unpaired) electrons. The number of fused-ring (bicyclic) bond motifs is 1. The molecule has 0 aliphatic heterocycles. The SMILES string of the molecule is C=O.CCNCc1cc(Oc2ccc3c(ccn3C)c2)ncn1.CO. The molecule has 0 saturated carbocycles.